The summed E-state index contributed by atoms with van der Waals surface area (Å²) in [7, 11) is 1.60. The van der Waals surface area contributed by atoms with Crippen molar-refractivity contribution in [3.05, 3.63) is 36.1 Å². The molecule has 1 heteroatoms. The average Bonchev–Trinajstić information content (AvgIpc) is 2.07. The number of hydrogen-bond acceptors (Lipinski definition) is 1. The van der Waals surface area contributed by atoms with Gasteiger partial charge < -0.3 is 4.74 Å². The number of methoxy groups -OCH3 is 1. The fraction of sp³-hybridized carbons (Fsp3) is 0.455. The first-order valence-electron chi connectivity index (χ1n) is 4.15. The van der Waals surface area contributed by atoms with E-state index in [1.807, 2.05) is 33.8 Å². The molecule has 0 aliphatic carbocycles. The lowest BCUT2D eigenvalue weighted by atomic mass is 10.1. The number of rotatable bonds is 3. The Morgan fingerprint density at radius 2 is 1.58 bits per heavy atom. The zero-order valence-electron chi connectivity index (χ0n) is 8.90. The Labute approximate surface area is 76.4 Å². The minimum atomic E-state index is 0.667. The van der Waals surface area contributed by atoms with Gasteiger partial charge in [0, 0.05) is 0 Å². The highest BCUT2D eigenvalue weighted by molar-refractivity contribution is 5.29. The first-order valence-corrected chi connectivity index (χ1v) is 4.15. The lowest BCUT2D eigenvalue weighted by Gasteiger charge is -2.00. The van der Waals surface area contributed by atoms with Crippen LogP contribution in [0.3, 0.4) is 0 Å². The summed E-state index contributed by atoms with van der Waals surface area (Å²) in [6, 6.07) is 0. The van der Waals surface area contributed by atoms with Crippen molar-refractivity contribution in [3.63, 3.8) is 0 Å². The highest BCUT2D eigenvalue weighted by Crippen LogP contribution is 2.07. The minimum absolute atomic E-state index is 0.667. The number of ether oxygens (including phenoxy) is 1. The van der Waals surface area contributed by atoms with Crippen LogP contribution < -0.4 is 0 Å². The molecule has 0 N–H and O–H groups in total. The Bertz CT molecular complexity index is 175. The van der Waals surface area contributed by atoms with Crippen molar-refractivity contribution < 1.29 is 4.74 Å². The summed E-state index contributed by atoms with van der Waals surface area (Å²) < 4.78 is 4.86. The topological polar surface area (TPSA) is 9.23 Å². The maximum atomic E-state index is 4.86. The van der Waals surface area contributed by atoms with Crippen LogP contribution in [0.4, 0.5) is 0 Å². The first-order chi connectivity index (χ1) is 5.57. The van der Waals surface area contributed by atoms with Gasteiger partial charge in [0.2, 0.25) is 0 Å². The molecule has 0 radical (unpaired) electrons. The Morgan fingerprint density at radius 1 is 1.17 bits per heavy atom. The average molecular weight is 168 g/mol. The van der Waals surface area contributed by atoms with Crippen molar-refractivity contribution in [3.8, 4) is 0 Å². The zero-order chi connectivity index (χ0) is 10.1. The lowest BCUT2D eigenvalue weighted by molar-refractivity contribution is 0.308. The van der Waals surface area contributed by atoms with Crippen LogP contribution in [0.5, 0.6) is 0 Å². The molecule has 0 rings (SSSR count). The largest absolute Gasteiger partial charge is 0.497 e. The number of allylic oxidation sites excluding steroid dienone is 3. The molecular weight excluding hydrogens is 148 g/mol. The van der Waals surface area contributed by atoms with Gasteiger partial charge in [-0.2, -0.15) is 0 Å². The van der Waals surface area contributed by atoms with Gasteiger partial charge in [0.05, 0.1) is 7.11 Å². The van der Waals surface area contributed by atoms with E-state index in [-0.39, 0.29) is 0 Å². The molecule has 1 nitrogen and oxygen atoms in total. The summed E-state index contributed by atoms with van der Waals surface area (Å²) in [5, 5.41) is 0. The van der Waals surface area contributed by atoms with E-state index < -0.39 is 0 Å². The van der Waals surface area contributed by atoms with Crippen LogP contribution in [0.2, 0.25) is 0 Å². The predicted octanol–water partition coefficient (Wildman–Crippen LogP) is 3.70. The zero-order valence-corrected chi connectivity index (χ0v) is 8.90. The molecule has 70 valence electrons. The second kappa shape index (κ2) is 8.12. The molecule has 0 saturated carbocycles. The molecule has 0 aliphatic rings. The number of hydrogen-bond donors (Lipinski definition) is 0. The summed E-state index contributed by atoms with van der Waals surface area (Å²) in [5.41, 5.74) is 2.14. The summed E-state index contributed by atoms with van der Waals surface area (Å²) in [5.74, 6) is 0.667. The summed E-state index contributed by atoms with van der Waals surface area (Å²) in [6.45, 7) is 15.4. The Morgan fingerprint density at radius 3 is 1.83 bits per heavy atom. The monoisotopic (exact) mass is 168 g/mol. The molecule has 0 atom stereocenters. The molecule has 0 unspecified atom stereocenters. The molecule has 0 heterocycles. The van der Waals surface area contributed by atoms with E-state index in [9.17, 15) is 0 Å². The van der Waals surface area contributed by atoms with Gasteiger partial charge in [-0.25, -0.2) is 0 Å². The van der Waals surface area contributed by atoms with Crippen molar-refractivity contribution in [1.82, 2.24) is 0 Å². The maximum absolute atomic E-state index is 4.86. The van der Waals surface area contributed by atoms with Gasteiger partial charge in [0.15, 0.2) is 0 Å². The van der Waals surface area contributed by atoms with Gasteiger partial charge in [-0.15, -0.1) is 0 Å². The highest BCUT2D eigenvalue weighted by atomic mass is 16.5. The van der Waals surface area contributed by atoms with Crippen molar-refractivity contribution >= 4 is 0 Å². The third-order valence-electron chi connectivity index (χ3n) is 1.31. The van der Waals surface area contributed by atoms with E-state index in [4.69, 9.17) is 4.74 Å². The first kappa shape index (κ1) is 13.6. The van der Waals surface area contributed by atoms with E-state index in [1.54, 1.807) is 7.11 Å². The van der Waals surface area contributed by atoms with E-state index in [1.165, 1.54) is 0 Å². The van der Waals surface area contributed by atoms with Crippen LogP contribution in [0.1, 0.15) is 27.7 Å². The quantitative estimate of drug-likeness (QED) is 0.461. The van der Waals surface area contributed by atoms with Crippen molar-refractivity contribution in [1.29, 1.82) is 0 Å². The second-order valence-corrected chi connectivity index (χ2v) is 2.28. The van der Waals surface area contributed by atoms with Crippen LogP contribution in [0, 0.1) is 0 Å². The third kappa shape index (κ3) is 7.13. The Hall–Kier alpha value is -0.980. The fourth-order valence-corrected chi connectivity index (χ4v) is 0.424. The molecule has 0 aromatic carbocycles. The molecule has 0 aliphatic heterocycles. The van der Waals surface area contributed by atoms with Gasteiger partial charge in [0.25, 0.3) is 0 Å². The maximum Gasteiger partial charge on any atom is 0.111 e. The Kier molecular flexibility index (Phi) is 9.20. The standard InChI is InChI=1S/C9H14O.C2H6/c1-7(2)8(3)6-9(4)10-5;1-2/h6H,1,4H2,2-3,5H3;1-2H3/b8-6-;. The fourth-order valence-electron chi connectivity index (χ4n) is 0.424. The summed E-state index contributed by atoms with van der Waals surface area (Å²) >= 11 is 0. The van der Waals surface area contributed by atoms with E-state index >= 15 is 0 Å². The predicted molar refractivity (Wildman–Crippen MR) is 56.1 cm³/mol. The van der Waals surface area contributed by atoms with Crippen LogP contribution in [0.15, 0.2) is 36.1 Å². The summed E-state index contributed by atoms with van der Waals surface area (Å²) in [4.78, 5) is 0. The molecule has 0 aromatic rings. The van der Waals surface area contributed by atoms with Crippen LogP contribution >= 0.6 is 0 Å². The molecule has 0 saturated heterocycles. The molecule has 0 amide bonds. The highest BCUT2D eigenvalue weighted by Gasteiger charge is 1.90. The molecule has 12 heavy (non-hydrogen) atoms. The smallest absolute Gasteiger partial charge is 0.111 e. The van der Waals surface area contributed by atoms with Gasteiger partial charge >= 0.3 is 0 Å². The van der Waals surface area contributed by atoms with Gasteiger partial charge in [-0.3, -0.25) is 0 Å². The van der Waals surface area contributed by atoms with E-state index in [0.29, 0.717) is 5.76 Å². The second-order valence-electron chi connectivity index (χ2n) is 2.28. The molecule has 0 bridgehead atoms. The Balaban J connectivity index is 0. The van der Waals surface area contributed by atoms with Crippen molar-refractivity contribution in [2.45, 2.75) is 27.7 Å². The minimum Gasteiger partial charge on any atom is -0.497 e. The van der Waals surface area contributed by atoms with E-state index in [0.717, 1.165) is 11.1 Å². The van der Waals surface area contributed by atoms with Gasteiger partial charge in [-0.1, -0.05) is 32.6 Å². The van der Waals surface area contributed by atoms with Gasteiger partial charge in [0.1, 0.15) is 5.76 Å². The summed E-state index contributed by atoms with van der Waals surface area (Å²) in [6.07, 6.45) is 1.86. The van der Waals surface area contributed by atoms with Gasteiger partial charge in [-0.05, 0) is 25.5 Å². The molecular formula is C11H20O. The van der Waals surface area contributed by atoms with E-state index in [2.05, 4.69) is 13.2 Å². The van der Waals surface area contributed by atoms with Crippen molar-refractivity contribution in [2.75, 3.05) is 7.11 Å². The van der Waals surface area contributed by atoms with Crippen LogP contribution in [0.25, 0.3) is 0 Å². The third-order valence-corrected chi connectivity index (χ3v) is 1.31. The molecule has 0 spiro atoms. The molecule has 0 fully saturated rings. The normalized spacial score (nSPS) is 9.58. The lowest BCUT2D eigenvalue weighted by Crippen LogP contribution is -1.82. The van der Waals surface area contributed by atoms with Crippen LogP contribution in [-0.2, 0) is 4.74 Å². The SMILES string of the molecule is C=C(/C=C(/C)C(=C)C)OC.CC. The van der Waals surface area contributed by atoms with Crippen LogP contribution in [-0.4, -0.2) is 7.11 Å². The van der Waals surface area contributed by atoms with Crippen molar-refractivity contribution in [2.24, 2.45) is 0 Å². The molecule has 0 aromatic heterocycles.